The molecule has 1 aliphatic rings. The Labute approximate surface area is 124 Å². The van der Waals surface area contributed by atoms with E-state index in [1.54, 1.807) is 23.9 Å². The van der Waals surface area contributed by atoms with Crippen LogP contribution in [-0.2, 0) is 11.8 Å². The number of likely N-dealkylation sites (N-methyl/N-ethyl adjacent to an activating group) is 1. The summed E-state index contributed by atoms with van der Waals surface area (Å²) >= 11 is 6.14. The van der Waals surface area contributed by atoms with Gasteiger partial charge in [-0.1, -0.05) is 11.6 Å². The summed E-state index contributed by atoms with van der Waals surface area (Å²) in [5.41, 5.74) is 1.63. The number of aryl methyl sites for hydroxylation is 2. The number of nitrogens with one attached hydrogen (secondary N) is 1. The Bertz CT molecular complexity index is 517. The summed E-state index contributed by atoms with van der Waals surface area (Å²) in [7, 11) is 3.65. The van der Waals surface area contributed by atoms with Gasteiger partial charge in [0, 0.05) is 31.8 Å². The quantitative estimate of drug-likeness (QED) is 0.862. The van der Waals surface area contributed by atoms with Crippen molar-refractivity contribution in [1.82, 2.24) is 20.0 Å². The Morgan fingerprint density at radius 2 is 2.15 bits per heavy atom. The van der Waals surface area contributed by atoms with Gasteiger partial charge in [0.15, 0.2) is 0 Å². The zero-order valence-electron chi connectivity index (χ0n) is 12.2. The van der Waals surface area contributed by atoms with Crippen molar-refractivity contribution in [3.05, 3.63) is 22.5 Å². The minimum Gasteiger partial charge on any atom is -0.339 e. The first-order valence-electron chi connectivity index (χ1n) is 6.85. The second-order valence-electron chi connectivity index (χ2n) is 5.18. The van der Waals surface area contributed by atoms with E-state index < -0.39 is 0 Å². The number of halogens is 1. The van der Waals surface area contributed by atoms with Gasteiger partial charge in [0.25, 0.3) is 0 Å². The average molecular weight is 297 g/mol. The lowest BCUT2D eigenvalue weighted by atomic mass is 10.1. The molecule has 0 radical (unpaired) electrons. The van der Waals surface area contributed by atoms with Crippen LogP contribution in [0.5, 0.6) is 0 Å². The van der Waals surface area contributed by atoms with E-state index in [0.717, 1.165) is 37.2 Å². The third-order valence-corrected chi connectivity index (χ3v) is 4.24. The van der Waals surface area contributed by atoms with Crippen LogP contribution < -0.4 is 5.32 Å². The third kappa shape index (κ3) is 3.22. The lowest BCUT2D eigenvalue weighted by Gasteiger charge is -2.30. The summed E-state index contributed by atoms with van der Waals surface area (Å²) in [6.07, 6.45) is 5.34. The minimum absolute atomic E-state index is 0.0104. The Hall–Kier alpha value is -1.33. The van der Waals surface area contributed by atoms with Crippen molar-refractivity contribution in [3.8, 4) is 0 Å². The molecule has 1 aliphatic heterocycles. The van der Waals surface area contributed by atoms with Gasteiger partial charge in [-0.05, 0) is 38.9 Å². The predicted molar refractivity (Wildman–Crippen MR) is 80.7 cm³/mol. The summed E-state index contributed by atoms with van der Waals surface area (Å²) in [5.74, 6) is 0.0104. The monoisotopic (exact) mass is 296 g/mol. The van der Waals surface area contributed by atoms with Crippen LogP contribution in [0.3, 0.4) is 0 Å². The number of piperidine rings is 1. The maximum Gasteiger partial charge on any atom is 0.246 e. The van der Waals surface area contributed by atoms with Crippen LogP contribution in [0.1, 0.15) is 24.1 Å². The number of carbonyl (C=O) groups excluding carboxylic acids is 1. The number of amides is 1. The highest BCUT2D eigenvalue weighted by molar-refractivity contribution is 6.31. The number of rotatable bonds is 3. The van der Waals surface area contributed by atoms with Crippen LogP contribution in [-0.4, -0.2) is 46.8 Å². The highest BCUT2D eigenvalue weighted by Gasteiger charge is 2.20. The second kappa shape index (κ2) is 6.41. The van der Waals surface area contributed by atoms with Crippen molar-refractivity contribution in [2.75, 3.05) is 20.1 Å². The Balaban J connectivity index is 2.04. The van der Waals surface area contributed by atoms with Gasteiger partial charge in [-0.15, -0.1) is 0 Å². The molecule has 2 heterocycles. The van der Waals surface area contributed by atoms with Gasteiger partial charge in [0.05, 0.1) is 5.69 Å². The van der Waals surface area contributed by atoms with Gasteiger partial charge in [-0.2, -0.15) is 5.10 Å². The molecule has 2 rings (SSSR count). The number of aromatic nitrogens is 2. The van der Waals surface area contributed by atoms with Crippen LogP contribution in [0.4, 0.5) is 0 Å². The maximum absolute atomic E-state index is 12.2. The standard InChI is InChI=1S/C14H21ClN4O/c1-10-12(14(15)19(3)17-10)4-5-13(20)18(2)11-6-8-16-9-7-11/h4-5,11,16H,6-9H2,1-3H3/b5-4+. The summed E-state index contributed by atoms with van der Waals surface area (Å²) < 4.78 is 1.61. The van der Waals surface area contributed by atoms with Gasteiger partial charge >= 0.3 is 0 Å². The first-order chi connectivity index (χ1) is 9.50. The van der Waals surface area contributed by atoms with Crippen LogP contribution in [0.2, 0.25) is 5.15 Å². The molecule has 0 atom stereocenters. The second-order valence-corrected chi connectivity index (χ2v) is 5.54. The van der Waals surface area contributed by atoms with Crippen LogP contribution >= 0.6 is 11.6 Å². The normalized spacial score (nSPS) is 16.8. The van der Waals surface area contributed by atoms with Gasteiger partial charge in [-0.25, -0.2) is 0 Å². The van der Waals surface area contributed by atoms with Crippen molar-refractivity contribution in [3.63, 3.8) is 0 Å². The fraction of sp³-hybridized carbons (Fsp3) is 0.571. The molecule has 0 aliphatic carbocycles. The summed E-state index contributed by atoms with van der Waals surface area (Å²) in [5, 5.41) is 8.08. The highest BCUT2D eigenvalue weighted by atomic mass is 35.5. The van der Waals surface area contributed by atoms with Crippen molar-refractivity contribution >= 4 is 23.6 Å². The van der Waals surface area contributed by atoms with E-state index in [0.29, 0.717) is 11.2 Å². The van der Waals surface area contributed by atoms with E-state index >= 15 is 0 Å². The van der Waals surface area contributed by atoms with E-state index in [9.17, 15) is 4.79 Å². The summed E-state index contributed by atoms with van der Waals surface area (Å²) in [6.45, 7) is 3.83. The fourth-order valence-electron chi connectivity index (χ4n) is 2.48. The van der Waals surface area contributed by atoms with E-state index in [4.69, 9.17) is 11.6 Å². The number of nitrogens with zero attached hydrogens (tertiary/aromatic N) is 3. The molecule has 0 saturated carbocycles. The van der Waals surface area contributed by atoms with Crippen molar-refractivity contribution < 1.29 is 4.79 Å². The van der Waals surface area contributed by atoms with Gasteiger partial charge in [-0.3, -0.25) is 9.48 Å². The van der Waals surface area contributed by atoms with E-state index in [1.165, 1.54) is 0 Å². The Kier molecular flexibility index (Phi) is 4.83. The predicted octanol–water partition coefficient (Wildman–Crippen LogP) is 1.61. The first kappa shape index (κ1) is 15.1. The van der Waals surface area contributed by atoms with E-state index in [-0.39, 0.29) is 5.91 Å². The zero-order valence-corrected chi connectivity index (χ0v) is 12.9. The minimum atomic E-state index is 0.0104. The molecule has 6 heteroatoms. The molecule has 110 valence electrons. The highest BCUT2D eigenvalue weighted by Crippen LogP contribution is 2.20. The SMILES string of the molecule is Cc1nn(C)c(Cl)c1/C=C/C(=O)N(C)C1CCNCC1. The number of hydrogen-bond donors (Lipinski definition) is 1. The van der Waals surface area contributed by atoms with Crippen molar-refractivity contribution in [2.45, 2.75) is 25.8 Å². The fourth-order valence-corrected chi connectivity index (χ4v) is 2.72. The topological polar surface area (TPSA) is 50.2 Å². The third-order valence-electron chi connectivity index (χ3n) is 3.79. The molecular weight excluding hydrogens is 276 g/mol. The molecule has 1 aromatic rings. The van der Waals surface area contributed by atoms with Gasteiger partial charge < -0.3 is 10.2 Å². The molecule has 1 amide bonds. The molecule has 1 saturated heterocycles. The molecular formula is C14H21ClN4O. The summed E-state index contributed by atoms with van der Waals surface area (Å²) in [6, 6.07) is 0.318. The molecule has 0 spiro atoms. The number of hydrogen-bond acceptors (Lipinski definition) is 3. The van der Waals surface area contributed by atoms with Crippen molar-refractivity contribution in [1.29, 1.82) is 0 Å². The van der Waals surface area contributed by atoms with Crippen LogP contribution in [0.25, 0.3) is 6.08 Å². The zero-order chi connectivity index (χ0) is 14.7. The molecule has 0 aromatic carbocycles. The molecule has 1 aromatic heterocycles. The lowest BCUT2D eigenvalue weighted by molar-refractivity contribution is -0.127. The molecule has 5 nitrogen and oxygen atoms in total. The first-order valence-corrected chi connectivity index (χ1v) is 7.23. The largest absolute Gasteiger partial charge is 0.339 e. The average Bonchev–Trinajstić information content (AvgIpc) is 2.70. The maximum atomic E-state index is 12.2. The Morgan fingerprint density at radius 1 is 1.50 bits per heavy atom. The molecule has 0 unspecified atom stereocenters. The van der Waals surface area contributed by atoms with Gasteiger partial charge in [0.2, 0.25) is 5.91 Å². The van der Waals surface area contributed by atoms with E-state index in [1.807, 2.05) is 18.9 Å². The molecule has 20 heavy (non-hydrogen) atoms. The van der Waals surface area contributed by atoms with Crippen LogP contribution in [0.15, 0.2) is 6.08 Å². The smallest absolute Gasteiger partial charge is 0.246 e. The van der Waals surface area contributed by atoms with E-state index in [2.05, 4.69) is 10.4 Å². The molecule has 1 fully saturated rings. The summed E-state index contributed by atoms with van der Waals surface area (Å²) in [4.78, 5) is 14.0. The lowest BCUT2D eigenvalue weighted by Crippen LogP contribution is -2.43. The Morgan fingerprint density at radius 3 is 2.70 bits per heavy atom. The molecule has 0 bridgehead atoms. The molecule has 1 N–H and O–H groups in total. The van der Waals surface area contributed by atoms with Crippen molar-refractivity contribution in [2.24, 2.45) is 7.05 Å². The van der Waals surface area contributed by atoms with Gasteiger partial charge in [0.1, 0.15) is 5.15 Å². The number of carbonyl (C=O) groups is 1. The van der Waals surface area contributed by atoms with Crippen LogP contribution in [0, 0.1) is 6.92 Å².